The monoisotopic (exact) mass is 646 g/mol. The van der Waals surface area contributed by atoms with E-state index >= 15 is 0 Å². The van der Waals surface area contributed by atoms with Crippen LogP contribution in [0.1, 0.15) is 53.4 Å². The number of aryl methyl sites for hydroxylation is 2. The Labute approximate surface area is 265 Å². The molecule has 0 radical (unpaired) electrons. The SMILES string of the molecule is Cc1ccc(S(=O)(=O)C2C[C@H]3C(=O)C[C@@H](c4ccc(Cl)cc4)C(S(=O)(=O)c4ccccc4C)[C@H]3C[C@H]2c2ccccc2)cc1. The van der Waals surface area contributed by atoms with E-state index in [0.29, 0.717) is 10.6 Å². The van der Waals surface area contributed by atoms with E-state index in [9.17, 15) is 21.6 Å². The van der Waals surface area contributed by atoms with E-state index in [-0.39, 0.29) is 34.8 Å². The smallest absolute Gasteiger partial charge is 0.182 e. The number of rotatable bonds is 6. The Kier molecular flexibility index (Phi) is 8.33. The average molecular weight is 647 g/mol. The molecule has 4 aromatic rings. The Balaban J connectivity index is 1.51. The lowest BCUT2D eigenvalue weighted by Crippen LogP contribution is -2.53. The summed E-state index contributed by atoms with van der Waals surface area (Å²) in [6.07, 6.45) is 0.355. The Bertz CT molecular complexity index is 1890. The van der Waals surface area contributed by atoms with E-state index in [1.807, 2.05) is 55.5 Å². The molecule has 2 aliphatic rings. The van der Waals surface area contributed by atoms with Crippen LogP contribution in [0.3, 0.4) is 0 Å². The molecule has 2 aliphatic carbocycles. The fraction of sp³-hybridized carbons (Fsp3) is 0.306. The van der Waals surface area contributed by atoms with Gasteiger partial charge in [-0.2, -0.15) is 0 Å². The zero-order valence-electron chi connectivity index (χ0n) is 24.6. The molecule has 0 bridgehead atoms. The van der Waals surface area contributed by atoms with Crippen LogP contribution in [-0.4, -0.2) is 33.1 Å². The number of carbonyl (C=O) groups is 1. The Hall–Kier alpha value is -3.26. The van der Waals surface area contributed by atoms with Crippen molar-refractivity contribution in [3.05, 3.63) is 130 Å². The molecule has 8 heteroatoms. The van der Waals surface area contributed by atoms with Gasteiger partial charge in [-0.15, -0.1) is 0 Å². The standard InChI is InChI=1S/C36H35ClO5S2/c1-23-12-18-28(19-13-23)43(39,40)35-22-31-32(20-29(35)25-9-4-3-5-10-25)36(44(41,42)34-11-7-6-8-24(34)2)30(21-33(31)38)26-14-16-27(37)17-15-26/h3-19,29-32,35-36H,20-22H2,1-2H3/t29-,30-,31+,32-,35?,36?/m0/s1. The van der Waals surface area contributed by atoms with Crippen molar-refractivity contribution in [2.45, 2.75) is 65.2 Å². The summed E-state index contributed by atoms with van der Waals surface area (Å²) in [5, 5.41) is -1.26. The largest absolute Gasteiger partial charge is 0.299 e. The van der Waals surface area contributed by atoms with Gasteiger partial charge < -0.3 is 0 Å². The third-order valence-corrected chi connectivity index (χ3v) is 14.6. The summed E-state index contributed by atoms with van der Waals surface area (Å²) in [5.41, 5.74) is 3.17. The van der Waals surface area contributed by atoms with E-state index in [2.05, 4.69) is 0 Å². The molecule has 5 nitrogen and oxygen atoms in total. The van der Waals surface area contributed by atoms with Crippen LogP contribution in [0, 0.1) is 25.7 Å². The van der Waals surface area contributed by atoms with Gasteiger partial charge in [0.25, 0.3) is 0 Å². The fourth-order valence-electron chi connectivity index (χ4n) is 7.50. The van der Waals surface area contributed by atoms with Crippen molar-refractivity contribution in [3.63, 3.8) is 0 Å². The maximum absolute atomic E-state index is 14.7. The molecular formula is C36H35ClO5S2. The average Bonchev–Trinajstić information content (AvgIpc) is 3.01. The lowest BCUT2D eigenvalue weighted by atomic mass is 9.62. The van der Waals surface area contributed by atoms with Crippen LogP contribution >= 0.6 is 11.6 Å². The van der Waals surface area contributed by atoms with Gasteiger partial charge in [-0.3, -0.25) is 4.79 Å². The van der Waals surface area contributed by atoms with Gasteiger partial charge in [-0.05, 0) is 79.6 Å². The van der Waals surface area contributed by atoms with Crippen LogP contribution in [0.4, 0.5) is 0 Å². The summed E-state index contributed by atoms with van der Waals surface area (Å²) in [7, 11) is -7.79. The van der Waals surface area contributed by atoms with Gasteiger partial charge in [-0.25, -0.2) is 16.8 Å². The highest BCUT2D eigenvalue weighted by molar-refractivity contribution is 7.92. The number of carbonyl (C=O) groups excluding carboxylic acids is 1. The maximum Gasteiger partial charge on any atom is 0.182 e. The van der Waals surface area contributed by atoms with E-state index in [0.717, 1.165) is 16.7 Å². The molecule has 44 heavy (non-hydrogen) atoms. The Morgan fingerprint density at radius 2 is 1.25 bits per heavy atom. The van der Waals surface area contributed by atoms with Crippen molar-refractivity contribution >= 4 is 37.1 Å². The quantitative estimate of drug-likeness (QED) is 0.216. The van der Waals surface area contributed by atoms with Gasteiger partial charge >= 0.3 is 0 Å². The maximum atomic E-state index is 14.7. The highest BCUT2D eigenvalue weighted by Gasteiger charge is 2.56. The van der Waals surface area contributed by atoms with Gasteiger partial charge in [0.05, 0.1) is 20.3 Å². The molecule has 2 fully saturated rings. The number of Topliss-reactive ketones (excluding diaryl/α,β-unsaturated/α-hetero) is 1. The molecular weight excluding hydrogens is 612 g/mol. The van der Waals surface area contributed by atoms with Crippen LogP contribution in [0.25, 0.3) is 0 Å². The highest BCUT2D eigenvalue weighted by Crippen LogP contribution is 2.54. The first-order valence-corrected chi connectivity index (χ1v) is 18.4. The van der Waals surface area contributed by atoms with Crippen molar-refractivity contribution in [1.29, 1.82) is 0 Å². The summed E-state index contributed by atoms with van der Waals surface area (Å²) in [4.78, 5) is 14.5. The van der Waals surface area contributed by atoms with E-state index in [1.165, 1.54) is 0 Å². The van der Waals surface area contributed by atoms with Crippen molar-refractivity contribution < 1.29 is 21.6 Å². The van der Waals surface area contributed by atoms with Gasteiger partial charge in [0.15, 0.2) is 19.7 Å². The van der Waals surface area contributed by atoms with E-state index < -0.39 is 53.8 Å². The van der Waals surface area contributed by atoms with Crippen LogP contribution < -0.4 is 0 Å². The number of hydrogen-bond acceptors (Lipinski definition) is 5. The zero-order chi connectivity index (χ0) is 31.2. The van der Waals surface area contributed by atoms with Crippen LogP contribution in [-0.2, 0) is 24.5 Å². The molecule has 6 atom stereocenters. The lowest BCUT2D eigenvalue weighted by Gasteiger charge is -2.48. The zero-order valence-corrected chi connectivity index (χ0v) is 27.0. The minimum Gasteiger partial charge on any atom is -0.299 e. The van der Waals surface area contributed by atoms with Gasteiger partial charge in [0, 0.05) is 29.2 Å². The molecule has 4 aromatic carbocycles. The summed E-state index contributed by atoms with van der Waals surface area (Å²) < 4.78 is 58.0. The van der Waals surface area contributed by atoms with Crippen molar-refractivity contribution in [1.82, 2.24) is 0 Å². The summed E-state index contributed by atoms with van der Waals surface area (Å²) in [5.74, 6) is -2.44. The number of hydrogen-bond donors (Lipinski definition) is 0. The molecule has 0 saturated heterocycles. The molecule has 0 aliphatic heterocycles. The van der Waals surface area contributed by atoms with Crippen LogP contribution in [0.15, 0.2) is 113 Å². The third-order valence-electron chi connectivity index (χ3n) is 9.66. The van der Waals surface area contributed by atoms with E-state index in [4.69, 9.17) is 11.6 Å². The minimum absolute atomic E-state index is 0.0197. The summed E-state index contributed by atoms with van der Waals surface area (Å²) >= 11 is 6.20. The Morgan fingerprint density at radius 1 is 0.636 bits per heavy atom. The van der Waals surface area contributed by atoms with E-state index in [1.54, 1.807) is 61.5 Å². The molecule has 0 heterocycles. The van der Waals surface area contributed by atoms with Gasteiger partial charge in [0.2, 0.25) is 0 Å². The normalized spacial score (nSPS) is 25.8. The first-order chi connectivity index (χ1) is 21.0. The number of halogens is 1. The fourth-order valence-corrected chi connectivity index (χ4v) is 12.2. The minimum atomic E-state index is -3.94. The molecule has 228 valence electrons. The first kappa shape index (κ1) is 30.8. The molecule has 0 amide bonds. The Morgan fingerprint density at radius 3 is 1.91 bits per heavy atom. The second-order valence-corrected chi connectivity index (χ2v) is 16.9. The third kappa shape index (κ3) is 5.55. The van der Waals surface area contributed by atoms with Crippen molar-refractivity contribution in [2.75, 3.05) is 0 Å². The van der Waals surface area contributed by atoms with Crippen molar-refractivity contribution in [3.8, 4) is 0 Å². The topological polar surface area (TPSA) is 85.3 Å². The predicted molar refractivity (Wildman–Crippen MR) is 174 cm³/mol. The second-order valence-electron chi connectivity index (χ2n) is 12.3. The molecule has 0 spiro atoms. The summed E-state index contributed by atoms with van der Waals surface area (Å²) in [6, 6.07) is 30.3. The molecule has 0 N–H and O–H groups in total. The molecule has 2 saturated carbocycles. The van der Waals surface area contributed by atoms with Gasteiger partial charge in [0.1, 0.15) is 5.78 Å². The van der Waals surface area contributed by atoms with Crippen LogP contribution in [0.2, 0.25) is 5.02 Å². The number of sulfone groups is 2. The number of fused-ring (bicyclic) bond motifs is 1. The molecule has 2 unspecified atom stereocenters. The van der Waals surface area contributed by atoms with Crippen molar-refractivity contribution in [2.24, 2.45) is 11.8 Å². The lowest BCUT2D eigenvalue weighted by molar-refractivity contribution is -0.128. The van der Waals surface area contributed by atoms with Crippen LogP contribution in [0.5, 0.6) is 0 Å². The number of ketones is 1. The first-order valence-electron chi connectivity index (χ1n) is 14.9. The number of benzene rings is 4. The molecule has 0 aromatic heterocycles. The van der Waals surface area contributed by atoms with Gasteiger partial charge in [-0.1, -0.05) is 90.0 Å². The highest BCUT2D eigenvalue weighted by atomic mass is 35.5. The molecule has 6 rings (SSSR count). The second kappa shape index (κ2) is 11.9. The summed E-state index contributed by atoms with van der Waals surface area (Å²) in [6.45, 7) is 3.69. The predicted octanol–water partition coefficient (Wildman–Crippen LogP) is 7.51.